The van der Waals surface area contributed by atoms with Gasteiger partial charge in [-0.3, -0.25) is 4.79 Å². The van der Waals surface area contributed by atoms with Gasteiger partial charge in [0.15, 0.2) is 0 Å². The fraction of sp³-hybridized carbons (Fsp3) is 0.316. The molecule has 2 N–H and O–H groups in total. The zero-order valence-electron chi connectivity index (χ0n) is 15.6. The quantitative estimate of drug-likeness (QED) is 0.636. The first kappa shape index (κ1) is 20.9. The first-order chi connectivity index (χ1) is 12.9. The molecule has 2 rings (SSSR count). The van der Waals surface area contributed by atoms with E-state index in [0.29, 0.717) is 30.0 Å². The van der Waals surface area contributed by atoms with Gasteiger partial charge in [-0.2, -0.15) is 0 Å². The van der Waals surface area contributed by atoms with Crippen LogP contribution >= 0.6 is 0 Å². The molecule has 0 bridgehead atoms. The molecule has 0 radical (unpaired) electrons. The van der Waals surface area contributed by atoms with Crippen LogP contribution in [-0.2, 0) is 21.3 Å². The van der Waals surface area contributed by atoms with Gasteiger partial charge in [-0.1, -0.05) is 18.2 Å². The summed E-state index contributed by atoms with van der Waals surface area (Å²) >= 11 is 0. The summed E-state index contributed by atoms with van der Waals surface area (Å²) in [5.41, 5.74) is 1.81. The third-order valence-corrected chi connectivity index (χ3v) is 5.38. The predicted molar refractivity (Wildman–Crippen MR) is 102 cm³/mol. The van der Waals surface area contributed by atoms with E-state index in [1.54, 1.807) is 51.5 Å². The number of sulfonamides is 1. The highest BCUT2D eigenvalue weighted by Gasteiger charge is 2.18. The van der Waals surface area contributed by atoms with Crippen LogP contribution in [0.2, 0.25) is 0 Å². The van der Waals surface area contributed by atoms with Crippen molar-refractivity contribution in [2.24, 2.45) is 0 Å². The number of rotatable bonds is 9. The summed E-state index contributed by atoms with van der Waals surface area (Å²) in [6.07, 6.45) is 0. The average molecular weight is 392 g/mol. The lowest BCUT2D eigenvalue weighted by Gasteiger charge is -2.11. The molecular weight excluding hydrogens is 368 g/mol. The molecule has 0 unspecified atom stereocenters. The van der Waals surface area contributed by atoms with E-state index in [-0.39, 0.29) is 17.3 Å². The number of ether oxygens (including phenoxy) is 2. The Morgan fingerprint density at radius 2 is 1.78 bits per heavy atom. The number of hydrogen-bond acceptors (Lipinski definition) is 5. The van der Waals surface area contributed by atoms with Gasteiger partial charge in [0.05, 0.1) is 18.6 Å². The molecule has 8 heteroatoms. The van der Waals surface area contributed by atoms with Gasteiger partial charge in [0.1, 0.15) is 5.75 Å². The Kier molecular flexibility index (Phi) is 7.35. The van der Waals surface area contributed by atoms with Gasteiger partial charge in [0, 0.05) is 25.8 Å². The highest BCUT2D eigenvalue weighted by molar-refractivity contribution is 7.89. The molecule has 2 aromatic carbocycles. The number of aryl methyl sites for hydroxylation is 1. The summed E-state index contributed by atoms with van der Waals surface area (Å²) in [4.78, 5) is 12.3. The fourth-order valence-electron chi connectivity index (χ4n) is 2.38. The lowest BCUT2D eigenvalue weighted by Crippen LogP contribution is -2.28. The van der Waals surface area contributed by atoms with E-state index in [1.165, 1.54) is 12.1 Å². The van der Waals surface area contributed by atoms with E-state index in [1.807, 2.05) is 0 Å². The van der Waals surface area contributed by atoms with Crippen molar-refractivity contribution in [3.63, 3.8) is 0 Å². The van der Waals surface area contributed by atoms with Crippen LogP contribution in [0.25, 0.3) is 0 Å². The number of nitrogens with one attached hydrogen (secondary N) is 2. The summed E-state index contributed by atoms with van der Waals surface area (Å²) in [7, 11) is -0.650. The van der Waals surface area contributed by atoms with E-state index in [4.69, 9.17) is 9.47 Å². The molecule has 1 amide bonds. The molecule has 0 saturated heterocycles. The van der Waals surface area contributed by atoms with Crippen LogP contribution in [0.5, 0.6) is 5.75 Å². The summed E-state index contributed by atoms with van der Waals surface area (Å²) in [6.45, 7) is 2.62. The lowest BCUT2D eigenvalue weighted by molar-refractivity contribution is 0.0936. The van der Waals surface area contributed by atoms with Gasteiger partial charge in [-0.15, -0.1) is 0 Å². The molecule has 0 heterocycles. The number of methoxy groups -OCH3 is 2. The topological polar surface area (TPSA) is 93.7 Å². The fourth-order valence-corrected chi connectivity index (χ4v) is 3.42. The smallest absolute Gasteiger partial charge is 0.251 e. The average Bonchev–Trinajstić information content (AvgIpc) is 2.67. The number of hydrogen-bond donors (Lipinski definition) is 2. The Labute approximate surface area is 159 Å². The van der Waals surface area contributed by atoms with Gasteiger partial charge in [0.25, 0.3) is 5.91 Å². The number of carbonyl (C=O) groups excluding carboxylic acids is 1. The SMILES string of the molecule is COCCNC(=O)c1cc(S(=O)(=O)NCc2ccc(OC)cc2)ccc1C. The molecule has 27 heavy (non-hydrogen) atoms. The van der Waals surface area contributed by atoms with Crippen LogP contribution < -0.4 is 14.8 Å². The molecule has 2 aromatic rings. The highest BCUT2D eigenvalue weighted by Crippen LogP contribution is 2.17. The van der Waals surface area contributed by atoms with Crippen LogP contribution in [0.4, 0.5) is 0 Å². The molecule has 0 aliphatic heterocycles. The second-order valence-corrected chi connectivity index (χ2v) is 7.67. The predicted octanol–water partition coefficient (Wildman–Crippen LogP) is 1.86. The van der Waals surface area contributed by atoms with Gasteiger partial charge in [-0.25, -0.2) is 13.1 Å². The molecule has 7 nitrogen and oxygen atoms in total. The molecule has 0 aliphatic carbocycles. The third-order valence-electron chi connectivity index (χ3n) is 3.98. The van der Waals surface area contributed by atoms with Crippen LogP contribution in [-0.4, -0.2) is 41.7 Å². The Bertz CT molecular complexity index is 879. The normalized spacial score (nSPS) is 11.2. The van der Waals surface area contributed by atoms with Crippen molar-refractivity contribution in [2.75, 3.05) is 27.4 Å². The number of benzene rings is 2. The van der Waals surface area contributed by atoms with Gasteiger partial charge < -0.3 is 14.8 Å². The molecule has 0 fully saturated rings. The first-order valence-electron chi connectivity index (χ1n) is 8.38. The Morgan fingerprint density at radius 1 is 1.07 bits per heavy atom. The summed E-state index contributed by atoms with van der Waals surface area (Å²) in [6, 6.07) is 11.6. The van der Waals surface area contributed by atoms with E-state index in [9.17, 15) is 13.2 Å². The Morgan fingerprint density at radius 3 is 2.41 bits per heavy atom. The standard InChI is InChI=1S/C19H24N2O5S/c1-14-4-9-17(12-18(14)19(22)20-10-11-25-2)27(23,24)21-13-15-5-7-16(26-3)8-6-15/h4-9,12,21H,10-11,13H2,1-3H3,(H,20,22). The van der Waals surface area contributed by atoms with E-state index in [2.05, 4.69) is 10.0 Å². The molecular formula is C19H24N2O5S. The van der Waals surface area contributed by atoms with Crippen molar-refractivity contribution in [2.45, 2.75) is 18.4 Å². The zero-order chi connectivity index (χ0) is 19.9. The Balaban J connectivity index is 2.12. The molecule has 0 spiro atoms. The van der Waals surface area contributed by atoms with Crippen LogP contribution in [0.3, 0.4) is 0 Å². The zero-order valence-corrected chi connectivity index (χ0v) is 16.4. The van der Waals surface area contributed by atoms with Crippen molar-refractivity contribution >= 4 is 15.9 Å². The lowest BCUT2D eigenvalue weighted by atomic mass is 10.1. The van der Waals surface area contributed by atoms with Crippen molar-refractivity contribution in [3.05, 3.63) is 59.2 Å². The van der Waals surface area contributed by atoms with Gasteiger partial charge in [-0.05, 0) is 42.3 Å². The molecule has 0 saturated carbocycles. The summed E-state index contributed by atoms with van der Waals surface area (Å²) in [5, 5.41) is 2.70. The number of amides is 1. The van der Waals surface area contributed by atoms with Crippen LogP contribution in [0.15, 0.2) is 47.4 Å². The summed E-state index contributed by atoms with van der Waals surface area (Å²) < 4.78 is 37.7. The second kappa shape index (κ2) is 9.50. The first-order valence-corrected chi connectivity index (χ1v) is 9.86. The van der Waals surface area contributed by atoms with Crippen molar-refractivity contribution in [3.8, 4) is 5.75 Å². The minimum Gasteiger partial charge on any atom is -0.497 e. The van der Waals surface area contributed by atoms with Crippen molar-refractivity contribution in [1.29, 1.82) is 0 Å². The minimum atomic E-state index is -3.76. The van der Waals surface area contributed by atoms with Crippen molar-refractivity contribution < 1.29 is 22.7 Å². The van der Waals surface area contributed by atoms with Crippen LogP contribution in [0.1, 0.15) is 21.5 Å². The van der Waals surface area contributed by atoms with E-state index < -0.39 is 10.0 Å². The minimum absolute atomic E-state index is 0.0403. The van der Waals surface area contributed by atoms with Crippen molar-refractivity contribution in [1.82, 2.24) is 10.0 Å². The molecule has 0 atom stereocenters. The molecule has 0 aromatic heterocycles. The van der Waals surface area contributed by atoms with E-state index in [0.717, 1.165) is 5.56 Å². The van der Waals surface area contributed by atoms with Gasteiger partial charge >= 0.3 is 0 Å². The van der Waals surface area contributed by atoms with Crippen LogP contribution in [0, 0.1) is 6.92 Å². The highest BCUT2D eigenvalue weighted by atomic mass is 32.2. The molecule has 146 valence electrons. The third kappa shape index (κ3) is 5.78. The number of carbonyl (C=O) groups is 1. The molecule has 0 aliphatic rings. The maximum Gasteiger partial charge on any atom is 0.251 e. The second-order valence-electron chi connectivity index (χ2n) is 5.90. The monoisotopic (exact) mass is 392 g/mol. The van der Waals surface area contributed by atoms with Gasteiger partial charge in [0.2, 0.25) is 10.0 Å². The largest absolute Gasteiger partial charge is 0.497 e. The summed E-state index contributed by atoms with van der Waals surface area (Å²) in [5.74, 6) is 0.362. The maximum atomic E-state index is 12.6. The maximum absolute atomic E-state index is 12.6. The Hall–Kier alpha value is -2.42. The van der Waals surface area contributed by atoms with E-state index >= 15 is 0 Å².